The van der Waals surface area contributed by atoms with Gasteiger partial charge in [0, 0.05) is 23.7 Å². The van der Waals surface area contributed by atoms with Crippen LogP contribution in [0, 0.1) is 11.8 Å². The lowest BCUT2D eigenvalue weighted by Gasteiger charge is -2.10. The highest BCUT2D eigenvalue weighted by Crippen LogP contribution is 2.29. The topological polar surface area (TPSA) is 29.1 Å². The van der Waals surface area contributed by atoms with Crippen LogP contribution in [0.2, 0.25) is 0 Å². The fraction of sp³-hybridized carbons (Fsp3) is 0.778. The predicted octanol–water partition coefficient (Wildman–Crippen LogP) is 1.19. The van der Waals surface area contributed by atoms with Crippen molar-refractivity contribution in [2.75, 3.05) is 13.6 Å². The maximum absolute atomic E-state index is 10.3. The van der Waals surface area contributed by atoms with Crippen molar-refractivity contribution in [1.29, 1.82) is 0 Å². The molecule has 0 radical (unpaired) electrons. The Hall–Kier alpha value is -0.280. The Morgan fingerprint density at radius 3 is 2.83 bits per heavy atom. The molecule has 1 saturated carbocycles. The first-order valence-corrected chi connectivity index (χ1v) is 4.82. The highest BCUT2D eigenvalue weighted by molar-refractivity contribution is 7.80. The molecule has 0 aromatic heterocycles. The molecule has 2 atom stereocenters. The van der Waals surface area contributed by atoms with Crippen molar-refractivity contribution >= 4 is 23.4 Å². The summed E-state index contributed by atoms with van der Waals surface area (Å²) in [4.78, 5) is 11.4. The Labute approximate surface area is 78.7 Å². The molecule has 1 aliphatic carbocycles. The first kappa shape index (κ1) is 9.81. The molecule has 3 heteroatoms. The molecule has 1 rings (SSSR count). The van der Waals surface area contributed by atoms with Gasteiger partial charge in [0.05, 0.1) is 0 Å². The number of hydrogen-bond acceptors (Lipinski definition) is 3. The fourth-order valence-electron chi connectivity index (χ4n) is 1.82. The highest BCUT2D eigenvalue weighted by atomic mass is 32.1. The number of hydrogen-bond donors (Lipinski definition) is 1. The van der Waals surface area contributed by atoms with Crippen molar-refractivity contribution in [3.63, 3.8) is 0 Å². The van der Waals surface area contributed by atoms with E-state index in [1.807, 2.05) is 7.05 Å². The van der Waals surface area contributed by atoms with Crippen LogP contribution in [0.5, 0.6) is 0 Å². The lowest BCUT2D eigenvalue weighted by atomic mass is 10.0. The van der Waals surface area contributed by atoms with Gasteiger partial charge in [0.1, 0.15) is 6.29 Å². The van der Waals surface area contributed by atoms with Crippen LogP contribution in [0.15, 0.2) is 0 Å². The third-order valence-electron chi connectivity index (χ3n) is 2.50. The summed E-state index contributed by atoms with van der Waals surface area (Å²) in [6.45, 7) is 0.966. The zero-order chi connectivity index (χ0) is 8.97. The summed E-state index contributed by atoms with van der Waals surface area (Å²) < 4.78 is 0. The summed E-state index contributed by atoms with van der Waals surface area (Å²) in [5.74, 6) is 0.908. The van der Waals surface area contributed by atoms with E-state index in [0.717, 1.165) is 30.5 Å². The number of aldehydes is 1. The van der Waals surface area contributed by atoms with Crippen LogP contribution in [0.4, 0.5) is 0 Å². The van der Waals surface area contributed by atoms with Gasteiger partial charge in [0.2, 0.25) is 0 Å². The number of thiocarbonyl (C=S) groups is 1. The molecule has 0 aliphatic heterocycles. The number of nitrogens with one attached hydrogen (secondary N) is 1. The minimum absolute atomic E-state index is 0.385. The first-order chi connectivity index (χ1) is 5.79. The minimum atomic E-state index is 0.385. The second-order valence-electron chi connectivity index (χ2n) is 3.33. The van der Waals surface area contributed by atoms with E-state index >= 15 is 0 Å². The molecule has 0 saturated heterocycles. The molecule has 2 nitrogen and oxygen atoms in total. The van der Waals surface area contributed by atoms with Gasteiger partial charge in [0.15, 0.2) is 0 Å². The predicted molar refractivity (Wildman–Crippen MR) is 53.4 cm³/mol. The molecule has 0 heterocycles. The maximum Gasteiger partial charge on any atom is 0.120 e. The Balaban J connectivity index is 2.43. The smallest absolute Gasteiger partial charge is 0.120 e. The van der Waals surface area contributed by atoms with E-state index in [-0.39, 0.29) is 0 Å². The number of carbonyl (C=O) groups excluding carboxylic acids is 1. The Morgan fingerprint density at radius 2 is 2.25 bits per heavy atom. The molecule has 0 aromatic rings. The third kappa shape index (κ3) is 2.11. The molecule has 0 aromatic carbocycles. The zero-order valence-electron chi connectivity index (χ0n) is 7.38. The average Bonchev–Trinajstić information content (AvgIpc) is 2.38. The number of rotatable bonds is 4. The lowest BCUT2D eigenvalue weighted by Crippen LogP contribution is -2.23. The van der Waals surface area contributed by atoms with Gasteiger partial charge < -0.3 is 10.1 Å². The summed E-state index contributed by atoms with van der Waals surface area (Å²) >= 11 is 5.29. The molecule has 12 heavy (non-hydrogen) atoms. The average molecular weight is 185 g/mol. The van der Waals surface area contributed by atoms with Crippen LogP contribution in [0.1, 0.15) is 19.3 Å². The summed E-state index contributed by atoms with van der Waals surface area (Å²) in [6, 6.07) is 0. The van der Waals surface area contributed by atoms with E-state index in [1.165, 1.54) is 0 Å². The summed E-state index contributed by atoms with van der Waals surface area (Å²) in [5.41, 5.74) is 0. The SMILES string of the molecule is CNC[C@@H]1CC[C@H](CC=O)C1=S. The van der Waals surface area contributed by atoms with Crippen molar-refractivity contribution in [2.24, 2.45) is 11.8 Å². The molecular weight excluding hydrogens is 170 g/mol. The normalized spacial score (nSPS) is 29.2. The largest absolute Gasteiger partial charge is 0.319 e. The molecule has 0 bridgehead atoms. The Bertz CT molecular complexity index is 181. The van der Waals surface area contributed by atoms with Crippen LogP contribution in [0.25, 0.3) is 0 Å². The monoisotopic (exact) mass is 185 g/mol. The van der Waals surface area contributed by atoms with Crippen molar-refractivity contribution in [3.8, 4) is 0 Å². The molecule has 0 spiro atoms. The van der Waals surface area contributed by atoms with Crippen molar-refractivity contribution in [3.05, 3.63) is 0 Å². The van der Waals surface area contributed by atoms with Crippen LogP contribution in [0.3, 0.4) is 0 Å². The molecule has 0 unspecified atom stereocenters. The standard InChI is InChI=1S/C9H15NOS/c1-10-6-8-3-2-7(4-5-11)9(8)12/h5,7-8,10H,2-4,6H2,1H3/t7-,8+/m1/s1. The van der Waals surface area contributed by atoms with E-state index in [9.17, 15) is 4.79 Å². The molecule has 1 aliphatic rings. The molecular formula is C9H15NOS. The molecule has 1 N–H and O–H groups in total. The Morgan fingerprint density at radius 1 is 1.58 bits per heavy atom. The van der Waals surface area contributed by atoms with Crippen LogP contribution >= 0.6 is 12.2 Å². The van der Waals surface area contributed by atoms with Gasteiger partial charge in [-0.15, -0.1) is 0 Å². The van der Waals surface area contributed by atoms with Crippen molar-refractivity contribution < 1.29 is 4.79 Å². The van der Waals surface area contributed by atoms with Crippen LogP contribution in [-0.2, 0) is 4.79 Å². The summed E-state index contributed by atoms with van der Waals surface area (Å²) in [7, 11) is 1.94. The van der Waals surface area contributed by atoms with Crippen LogP contribution in [-0.4, -0.2) is 24.7 Å². The maximum atomic E-state index is 10.3. The first-order valence-electron chi connectivity index (χ1n) is 4.41. The Kier molecular flexibility index (Phi) is 3.82. The van der Waals surface area contributed by atoms with Crippen molar-refractivity contribution in [1.82, 2.24) is 5.32 Å². The van der Waals surface area contributed by atoms with Gasteiger partial charge in [-0.05, 0) is 25.8 Å². The van der Waals surface area contributed by atoms with E-state index in [0.29, 0.717) is 18.3 Å². The minimum Gasteiger partial charge on any atom is -0.319 e. The van der Waals surface area contributed by atoms with Crippen molar-refractivity contribution in [2.45, 2.75) is 19.3 Å². The summed E-state index contributed by atoms with van der Waals surface area (Å²) in [6.07, 6.45) is 3.86. The number of carbonyl (C=O) groups is 1. The zero-order valence-corrected chi connectivity index (χ0v) is 8.19. The van der Waals surface area contributed by atoms with Gasteiger partial charge in [-0.2, -0.15) is 0 Å². The van der Waals surface area contributed by atoms with Gasteiger partial charge in [-0.25, -0.2) is 0 Å². The van der Waals surface area contributed by atoms with E-state index in [2.05, 4.69) is 5.32 Å². The molecule has 0 amide bonds. The van der Waals surface area contributed by atoms with Gasteiger partial charge in [-0.3, -0.25) is 0 Å². The van der Waals surface area contributed by atoms with Gasteiger partial charge >= 0.3 is 0 Å². The fourth-order valence-corrected chi connectivity index (χ4v) is 2.23. The third-order valence-corrected chi connectivity index (χ3v) is 3.17. The summed E-state index contributed by atoms with van der Waals surface area (Å²) in [5, 5.41) is 3.13. The molecule has 1 fully saturated rings. The van der Waals surface area contributed by atoms with Gasteiger partial charge in [0.25, 0.3) is 0 Å². The lowest BCUT2D eigenvalue weighted by molar-refractivity contribution is -0.108. The van der Waals surface area contributed by atoms with Crippen LogP contribution < -0.4 is 5.32 Å². The quantitative estimate of drug-likeness (QED) is 0.527. The van der Waals surface area contributed by atoms with E-state index < -0.39 is 0 Å². The van der Waals surface area contributed by atoms with E-state index in [1.54, 1.807) is 0 Å². The molecule has 68 valence electrons. The van der Waals surface area contributed by atoms with E-state index in [4.69, 9.17) is 12.2 Å². The highest BCUT2D eigenvalue weighted by Gasteiger charge is 2.29. The van der Waals surface area contributed by atoms with Gasteiger partial charge in [-0.1, -0.05) is 12.2 Å². The second-order valence-corrected chi connectivity index (χ2v) is 3.81. The second kappa shape index (κ2) is 4.67.